The van der Waals surface area contributed by atoms with Gasteiger partial charge in [-0.1, -0.05) is 0 Å². The van der Waals surface area contributed by atoms with Gasteiger partial charge in [-0.3, -0.25) is 0 Å². The molecule has 0 saturated heterocycles. The van der Waals surface area contributed by atoms with Crippen molar-refractivity contribution in [1.82, 2.24) is 0 Å². The molecule has 1 aromatic carbocycles. The van der Waals surface area contributed by atoms with E-state index in [1.54, 1.807) is 0 Å². The molecule has 0 spiro atoms. The average molecular weight is 411 g/mol. The molecule has 22 heavy (non-hydrogen) atoms. The van der Waals surface area contributed by atoms with E-state index in [4.69, 9.17) is 4.74 Å². The Bertz CT molecular complexity index is 501. The van der Waals surface area contributed by atoms with Crippen LogP contribution in [0, 0.1) is 0 Å². The number of carbonyl (C=O) groups is 1. The van der Waals surface area contributed by atoms with Crippen molar-refractivity contribution < 1.29 is 14.6 Å². The molecule has 0 aliphatic heterocycles. The van der Waals surface area contributed by atoms with Crippen LogP contribution in [0.4, 0.5) is 0 Å². The Morgan fingerprint density at radius 3 is 1.91 bits per heavy atom. The molecule has 0 unspecified atom stereocenters. The van der Waals surface area contributed by atoms with Crippen molar-refractivity contribution in [2.75, 3.05) is 4.62 Å². The standard InChI is InChI=1S/C18H27O3.Sn.H/c1-17(2,3)13-10-12(8-9-15(19)21-7)11-14(16(13)20)18(4,5)6;;/h10-11,20H,7-9H2,1-6H3;;. The van der Waals surface area contributed by atoms with E-state index in [1.165, 1.54) is 0 Å². The van der Waals surface area contributed by atoms with Gasteiger partial charge < -0.3 is 0 Å². The van der Waals surface area contributed by atoms with Crippen molar-refractivity contribution >= 4 is 28.5 Å². The molecule has 0 aromatic heterocycles. The van der Waals surface area contributed by atoms with Crippen molar-refractivity contribution in [3.63, 3.8) is 0 Å². The van der Waals surface area contributed by atoms with E-state index < -0.39 is 0 Å². The molecule has 0 aliphatic rings. The van der Waals surface area contributed by atoms with E-state index in [0.29, 0.717) is 23.2 Å². The van der Waals surface area contributed by atoms with Crippen LogP contribution in [0.5, 0.6) is 5.75 Å². The number of benzene rings is 1. The molecule has 0 fully saturated rings. The van der Waals surface area contributed by atoms with E-state index >= 15 is 0 Å². The van der Waals surface area contributed by atoms with E-state index in [1.807, 2.05) is 12.1 Å². The summed E-state index contributed by atoms with van der Waals surface area (Å²) < 4.78 is 5.59. The molecule has 0 bridgehead atoms. The molecule has 0 saturated carbocycles. The first-order chi connectivity index (χ1) is 9.96. The number of hydrogen-bond acceptors (Lipinski definition) is 3. The Kier molecular flexibility index (Phi) is 6.36. The summed E-state index contributed by atoms with van der Waals surface area (Å²) in [6.07, 6.45) is 1.03. The molecule has 1 N–H and O–H groups in total. The number of aromatic hydroxyl groups is 1. The fourth-order valence-electron chi connectivity index (χ4n) is 2.39. The normalized spacial score (nSPS) is 12.3. The minimum atomic E-state index is -0.144. The average Bonchev–Trinajstić information content (AvgIpc) is 2.35. The van der Waals surface area contributed by atoms with Crippen LogP contribution in [0.25, 0.3) is 0 Å². The number of carbonyl (C=O) groups excluding carboxylic acids is 1. The van der Waals surface area contributed by atoms with Gasteiger partial charge in [0.2, 0.25) is 0 Å². The molecule has 1 rings (SSSR count). The molecular formula is C18H28O3Sn. The topological polar surface area (TPSA) is 46.5 Å². The molecule has 122 valence electrons. The first kappa shape index (κ1) is 19.3. The summed E-state index contributed by atoms with van der Waals surface area (Å²) >= 11 is 0.932. The van der Waals surface area contributed by atoms with Crippen LogP contribution in [0.2, 0.25) is 0 Å². The van der Waals surface area contributed by atoms with Gasteiger partial charge >= 0.3 is 148 Å². The van der Waals surface area contributed by atoms with Crippen molar-refractivity contribution in [2.45, 2.75) is 65.2 Å². The van der Waals surface area contributed by atoms with Gasteiger partial charge in [0, 0.05) is 0 Å². The predicted molar refractivity (Wildman–Crippen MR) is 91.9 cm³/mol. The van der Waals surface area contributed by atoms with Crippen molar-refractivity contribution in [1.29, 1.82) is 0 Å². The molecule has 0 aliphatic carbocycles. The maximum atomic E-state index is 11.6. The van der Waals surface area contributed by atoms with Gasteiger partial charge in [0.25, 0.3) is 0 Å². The minimum absolute atomic E-state index is 0.143. The van der Waals surface area contributed by atoms with Crippen LogP contribution < -0.4 is 0 Å². The van der Waals surface area contributed by atoms with Gasteiger partial charge in [-0.2, -0.15) is 0 Å². The van der Waals surface area contributed by atoms with Crippen LogP contribution >= 0.6 is 0 Å². The summed E-state index contributed by atoms with van der Waals surface area (Å²) in [6.45, 7) is 12.5. The third-order valence-electron chi connectivity index (χ3n) is 3.65. The summed E-state index contributed by atoms with van der Waals surface area (Å²) in [6, 6.07) is 4.05. The number of ether oxygens (including phenoxy) is 1. The second-order valence-corrected chi connectivity index (χ2v) is 8.67. The fraction of sp³-hybridized carbons (Fsp3) is 0.611. The van der Waals surface area contributed by atoms with Gasteiger partial charge in [0.15, 0.2) is 0 Å². The second-order valence-electron chi connectivity index (χ2n) is 7.72. The fourth-order valence-corrected chi connectivity index (χ4v) is 2.92. The van der Waals surface area contributed by atoms with E-state index in [9.17, 15) is 9.90 Å². The first-order valence-corrected chi connectivity index (χ1v) is 10.0. The number of aryl methyl sites for hydroxylation is 1. The number of hydrogen-bond donors (Lipinski definition) is 1. The third kappa shape index (κ3) is 5.18. The van der Waals surface area contributed by atoms with Gasteiger partial charge in [-0.25, -0.2) is 0 Å². The summed E-state index contributed by atoms with van der Waals surface area (Å²) in [5, 5.41) is 10.7. The Morgan fingerprint density at radius 2 is 1.55 bits per heavy atom. The Hall–Kier alpha value is -0.711. The van der Waals surface area contributed by atoms with E-state index in [2.05, 4.69) is 41.5 Å². The van der Waals surface area contributed by atoms with Crippen LogP contribution in [-0.4, -0.2) is 38.2 Å². The number of phenols is 1. The summed E-state index contributed by atoms with van der Waals surface area (Å²) in [5.74, 6) is 0.237. The predicted octanol–water partition coefficient (Wildman–Crippen LogP) is 3.32. The van der Waals surface area contributed by atoms with Crippen LogP contribution in [0.1, 0.15) is 64.7 Å². The van der Waals surface area contributed by atoms with E-state index in [-0.39, 0.29) is 16.8 Å². The van der Waals surface area contributed by atoms with Crippen LogP contribution in [-0.2, 0) is 26.8 Å². The third-order valence-corrected chi connectivity index (χ3v) is 4.12. The second kappa shape index (κ2) is 7.24. The maximum absolute atomic E-state index is 11.6. The number of rotatable bonds is 4. The molecular weight excluding hydrogens is 383 g/mol. The molecule has 4 heteroatoms. The van der Waals surface area contributed by atoms with Crippen molar-refractivity contribution in [2.24, 2.45) is 0 Å². The monoisotopic (exact) mass is 412 g/mol. The molecule has 1 aromatic rings. The zero-order chi connectivity index (χ0) is 17.1. The summed E-state index contributed by atoms with van der Waals surface area (Å²) in [5.41, 5.74) is 2.67. The van der Waals surface area contributed by atoms with Crippen LogP contribution in [0.3, 0.4) is 0 Å². The van der Waals surface area contributed by atoms with Crippen molar-refractivity contribution in [3.05, 3.63) is 28.8 Å². The molecule has 3 nitrogen and oxygen atoms in total. The quantitative estimate of drug-likeness (QED) is 0.611. The Balaban J connectivity index is 3.21. The first-order valence-electron chi connectivity index (χ1n) is 7.69. The van der Waals surface area contributed by atoms with Gasteiger partial charge in [0.1, 0.15) is 0 Å². The molecule has 0 amide bonds. The molecule has 2 radical (unpaired) electrons. The Labute approximate surface area is 147 Å². The zero-order valence-corrected chi connectivity index (χ0v) is 17.9. The van der Waals surface area contributed by atoms with E-state index in [0.717, 1.165) is 39.2 Å². The van der Waals surface area contributed by atoms with Crippen molar-refractivity contribution in [3.8, 4) is 5.75 Å². The molecule has 0 heterocycles. The zero-order valence-electron chi connectivity index (χ0n) is 14.6. The van der Waals surface area contributed by atoms with Gasteiger partial charge in [-0.05, 0) is 0 Å². The summed E-state index contributed by atoms with van der Waals surface area (Å²) in [4.78, 5) is 11.6. The van der Waals surface area contributed by atoms with Gasteiger partial charge in [-0.15, -0.1) is 0 Å². The SMILES string of the molecule is CC(C)(C)c1cc(CCC(=O)O[CH2][SnH])cc(C(C)(C)C)c1O. The Morgan fingerprint density at radius 1 is 1.09 bits per heavy atom. The number of phenolic OH excluding ortho intramolecular Hbond substituents is 1. The summed E-state index contributed by atoms with van der Waals surface area (Å²) in [7, 11) is 0. The van der Waals surface area contributed by atoms with Gasteiger partial charge in [0.05, 0.1) is 0 Å². The number of esters is 1. The molecule has 0 atom stereocenters. The van der Waals surface area contributed by atoms with Crippen LogP contribution in [0.15, 0.2) is 12.1 Å².